The summed E-state index contributed by atoms with van der Waals surface area (Å²) in [7, 11) is 0. The van der Waals surface area contributed by atoms with Gasteiger partial charge in [-0.25, -0.2) is 4.79 Å². The van der Waals surface area contributed by atoms with Gasteiger partial charge in [0.1, 0.15) is 5.82 Å². The maximum absolute atomic E-state index is 13.3. The number of nitrogen functional groups attached to an aromatic ring is 1. The molecule has 2 heterocycles. The topological polar surface area (TPSA) is 125 Å². The number of nitrogens with zero attached hydrogens (tertiary/aromatic N) is 4. The second-order valence-corrected chi connectivity index (χ2v) is 9.77. The standard InChI is InChI=1S/C22H36N6O4/c1-14(2)11-27(18-19(23)28(12-15(3)4)22(32)24-20(18)30)17(29)13-25-7-9-26(10-8-25)21(31)16-5-6-16/h14-16H,5-13,23H2,1-4H3,(H,24,30,32). The Balaban J connectivity index is 1.78. The minimum atomic E-state index is -0.652. The van der Waals surface area contributed by atoms with Crippen molar-refractivity contribution in [2.24, 2.45) is 17.8 Å². The van der Waals surface area contributed by atoms with E-state index in [0.29, 0.717) is 39.3 Å². The Morgan fingerprint density at radius 2 is 1.69 bits per heavy atom. The Morgan fingerprint density at radius 3 is 2.22 bits per heavy atom. The summed E-state index contributed by atoms with van der Waals surface area (Å²) in [6.07, 6.45) is 1.97. The van der Waals surface area contributed by atoms with Gasteiger partial charge in [0.2, 0.25) is 11.8 Å². The van der Waals surface area contributed by atoms with Crippen molar-refractivity contribution in [1.29, 1.82) is 0 Å². The molecular formula is C22H36N6O4. The number of carbonyl (C=O) groups is 2. The van der Waals surface area contributed by atoms with Gasteiger partial charge in [0, 0.05) is 45.2 Å². The maximum Gasteiger partial charge on any atom is 0.330 e. The number of hydrogen-bond donors (Lipinski definition) is 2. The molecule has 0 aromatic carbocycles. The van der Waals surface area contributed by atoms with Crippen molar-refractivity contribution in [1.82, 2.24) is 19.4 Å². The molecule has 1 saturated carbocycles. The maximum atomic E-state index is 13.3. The van der Waals surface area contributed by atoms with Crippen LogP contribution in [0.15, 0.2) is 9.59 Å². The summed E-state index contributed by atoms with van der Waals surface area (Å²) in [5.41, 5.74) is 5.07. The van der Waals surface area contributed by atoms with Crippen LogP contribution < -0.4 is 21.9 Å². The number of hydrogen-bond acceptors (Lipinski definition) is 6. The molecule has 1 aliphatic heterocycles. The summed E-state index contributed by atoms with van der Waals surface area (Å²) in [6.45, 7) is 11.0. The van der Waals surface area contributed by atoms with E-state index in [9.17, 15) is 19.2 Å². The van der Waals surface area contributed by atoms with Gasteiger partial charge in [0.25, 0.3) is 5.56 Å². The number of carbonyl (C=O) groups excluding carboxylic acids is 2. The first-order valence-electron chi connectivity index (χ1n) is 11.5. The summed E-state index contributed by atoms with van der Waals surface area (Å²) >= 11 is 0. The van der Waals surface area contributed by atoms with Gasteiger partial charge in [-0.1, -0.05) is 27.7 Å². The Morgan fingerprint density at radius 1 is 1.06 bits per heavy atom. The SMILES string of the molecule is CC(C)CN(C(=O)CN1CCN(C(=O)C2CC2)CC1)c1c(N)n(CC(C)C)c(=O)[nH]c1=O. The molecular weight excluding hydrogens is 412 g/mol. The summed E-state index contributed by atoms with van der Waals surface area (Å²) < 4.78 is 1.32. The van der Waals surface area contributed by atoms with Crippen molar-refractivity contribution in [3.8, 4) is 0 Å². The van der Waals surface area contributed by atoms with Gasteiger partial charge >= 0.3 is 5.69 Å². The van der Waals surface area contributed by atoms with Gasteiger partial charge in [0.05, 0.1) is 6.54 Å². The molecule has 2 amide bonds. The van der Waals surface area contributed by atoms with Crippen molar-refractivity contribution in [3.05, 3.63) is 20.8 Å². The molecule has 10 nitrogen and oxygen atoms in total. The fourth-order valence-corrected chi connectivity index (χ4v) is 4.06. The lowest BCUT2D eigenvalue weighted by molar-refractivity contribution is -0.134. The molecule has 0 spiro atoms. The zero-order valence-corrected chi connectivity index (χ0v) is 19.6. The largest absolute Gasteiger partial charge is 0.383 e. The first-order valence-corrected chi connectivity index (χ1v) is 11.5. The van der Waals surface area contributed by atoms with Crippen molar-refractivity contribution >= 4 is 23.3 Å². The minimum absolute atomic E-state index is 0.0151. The molecule has 1 saturated heterocycles. The number of nitrogens with one attached hydrogen (secondary N) is 1. The molecule has 1 aliphatic carbocycles. The second-order valence-electron chi connectivity index (χ2n) is 9.77. The number of amides is 2. The van der Waals surface area contributed by atoms with E-state index in [1.54, 1.807) is 0 Å². The molecule has 10 heteroatoms. The number of aromatic nitrogens is 2. The van der Waals surface area contributed by atoms with E-state index in [1.165, 1.54) is 9.47 Å². The van der Waals surface area contributed by atoms with Crippen LogP contribution in [0.25, 0.3) is 0 Å². The summed E-state index contributed by atoms with van der Waals surface area (Å²) in [4.78, 5) is 58.2. The monoisotopic (exact) mass is 448 g/mol. The third-order valence-corrected chi connectivity index (χ3v) is 5.85. The van der Waals surface area contributed by atoms with Crippen LogP contribution in [0.4, 0.5) is 11.5 Å². The average Bonchev–Trinajstić information content (AvgIpc) is 3.55. The Hall–Kier alpha value is -2.62. The van der Waals surface area contributed by atoms with Crippen LogP contribution in [0.5, 0.6) is 0 Å². The molecule has 2 aliphatic rings. The van der Waals surface area contributed by atoms with E-state index < -0.39 is 11.2 Å². The highest BCUT2D eigenvalue weighted by Crippen LogP contribution is 2.31. The van der Waals surface area contributed by atoms with Gasteiger partial charge in [0.15, 0.2) is 5.69 Å². The predicted molar refractivity (Wildman–Crippen MR) is 124 cm³/mol. The lowest BCUT2D eigenvalue weighted by atomic mass is 10.2. The summed E-state index contributed by atoms with van der Waals surface area (Å²) in [6, 6.07) is 0. The third-order valence-electron chi connectivity index (χ3n) is 5.85. The number of H-pyrrole nitrogens is 1. The van der Waals surface area contributed by atoms with Crippen LogP contribution in [-0.2, 0) is 16.1 Å². The number of anilines is 2. The quantitative estimate of drug-likeness (QED) is 0.590. The van der Waals surface area contributed by atoms with E-state index in [0.717, 1.165) is 12.8 Å². The van der Waals surface area contributed by atoms with Crippen molar-refractivity contribution in [3.63, 3.8) is 0 Å². The molecule has 3 N–H and O–H groups in total. The fourth-order valence-electron chi connectivity index (χ4n) is 4.06. The van der Waals surface area contributed by atoms with Gasteiger partial charge in [-0.2, -0.15) is 0 Å². The van der Waals surface area contributed by atoms with Crippen LogP contribution in [0, 0.1) is 17.8 Å². The van der Waals surface area contributed by atoms with Crippen LogP contribution >= 0.6 is 0 Å². The molecule has 2 fully saturated rings. The lowest BCUT2D eigenvalue weighted by Gasteiger charge is -2.36. The Kier molecular flexibility index (Phi) is 7.43. The van der Waals surface area contributed by atoms with E-state index in [4.69, 9.17) is 5.73 Å². The lowest BCUT2D eigenvalue weighted by Crippen LogP contribution is -2.53. The minimum Gasteiger partial charge on any atom is -0.383 e. The molecule has 1 aromatic heterocycles. The first-order chi connectivity index (χ1) is 15.1. The van der Waals surface area contributed by atoms with E-state index in [2.05, 4.69) is 4.98 Å². The van der Waals surface area contributed by atoms with Crippen LogP contribution in [0.2, 0.25) is 0 Å². The van der Waals surface area contributed by atoms with Gasteiger partial charge < -0.3 is 15.5 Å². The zero-order valence-electron chi connectivity index (χ0n) is 19.6. The highest BCUT2D eigenvalue weighted by atomic mass is 16.2. The van der Waals surface area contributed by atoms with Crippen LogP contribution in [-0.4, -0.2) is 70.4 Å². The van der Waals surface area contributed by atoms with Crippen LogP contribution in [0.3, 0.4) is 0 Å². The Labute approximate surface area is 188 Å². The highest BCUT2D eigenvalue weighted by Gasteiger charge is 2.35. The smallest absolute Gasteiger partial charge is 0.330 e. The highest BCUT2D eigenvalue weighted by molar-refractivity contribution is 5.96. The molecule has 0 bridgehead atoms. The second kappa shape index (κ2) is 9.89. The van der Waals surface area contributed by atoms with E-state index in [1.807, 2.05) is 37.5 Å². The zero-order chi connectivity index (χ0) is 23.6. The average molecular weight is 449 g/mol. The summed E-state index contributed by atoms with van der Waals surface area (Å²) in [5, 5.41) is 0. The molecule has 32 heavy (non-hydrogen) atoms. The number of rotatable bonds is 8. The third kappa shape index (κ3) is 5.59. The van der Waals surface area contributed by atoms with E-state index >= 15 is 0 Å². The van der Waals surface area contributed by atoms with E-state index in [-0.39, 0.29) is 47.6 Å². The van der Waals surface area contributed by atoms with Gasteiger partial charge in [-0.3, -0.25) is 28.8 Å². The van der Waals surface area contributed by atoms with Crippen molar-refractivity contribution < 1.29 is 9.59 Å². The van der Waals surface area contributed by atoms with Crippen molar-refractivity contribution in [2.75, 3.05) is 49.9 Å². The molecule has 1 aromatic rings. The number of nitrogens with two attached hydrogens (primary N) is 1. The number of aromatic amines is 1. The normalized spacial score (nSPS) is 17.2. The van der Waals surface area contributed by atoms with Gasteiger partial charge in [-0.05, 0) is 24.7 Å². The summed E-state index contributed by atoms with van der Waals surface area (Å²) in [5.74, 6) is 0.424. The molecule has 3 rings (SSSR count). The fraction of sp³-hybridized carbons (Fsp3) is 0.727. The Bertz CT molecular complexity index is 954. The molecule has 0 atom stereocenters. The van der Waals surface area contributed by atoms with Gasteiger partial charge in [-0.15, -0.1) is 0 Å². The molecule has 178 valence electrons. The van der Waals surface area contributed by atoms with Crippen molar-refractivity contribution in [2.45, 2.75) is 47.1 Å². The molecule has 0 radical (unpaired) electrons. The predicted octanol–water partition coefficient (Wildman–Crippen LogP) is 0.318. The van der Waals surface area contributed by atoms with Crippen LogP contribution in [0.1, 0.15) is 40.5 Å². The number of piperazine rings is 1. The first kappa shape index (κ1) is 24.0. The molecule has 0 unspecified atom stereocenters.